The van der Waals surface area contributed by atoms with Crippen molar-refractivity contribution in [3.63, 3.8) is 0 Å². The normalized spacial score (nSPS) is 10.6. The lowest BCUT2D eigenvalue weighted by atomic mass is 10.2. The quantitative estimate of drug-likeness (QED) is 0.356. The summed E-state index contributed by atoms with van der Waals surface area (Å²) in [4.78, 5) is 12.4. The third-order valence-electron chi connectivity index (χ3n) is 3.83. The molecule has 0 aliphatic rings. The van der Waals surface area contributed by atoms with E-state index >= 15 is 0 Å². The van der Waals surface area contributed by atoms with E-state index in [0.717, 1.165) is 9.90 Å². The summed E-state index contributed by atoms with van der Waals surface area (Å²) in [6.45, 7) is 0.454. The lowest BCUT2D eigenvalue weighted by Crippen LogP contribution is -2.10. The number of nitrogens with zero attached hydrogens (tertiary/aromatic N) is 5. The molecule has 4 rings (SSSR count). The first kappa shape index (κ1) is 18.9. The van der Waals surface area contributed by atoms with Crippen LogP contribution in [0.1, 0.15) is 27.4 Å². The summed E-state index contributed by atoms with van der Waals surface area (Å²) in [5, 5.41) is 24.1. The Balaban J connectivity index is 1.32. The first-order valence-corrected chi connectivity index (χ1v) is 10.3. The molecule has 1 N–H and O–H groups in total. The van der Waals surface area contributed by atoms with Gasteiger partial charge in [-0.2, -0.15) is 10.4 Å². The Bertz CT molecular complexity index is 1140. The van der Waals surface area contributed by atoms with Gasteiger partial charge in [0.15, 0.2) is 10.1 Å². The van der Waals surface area contributed by atoms with Crippen molar-refractivity contribution in [1.82, 2.24) is 20.0 Å². The molecule has 0 saturated carbocycles. The summed E-state index contributed by atoms with van der Waals surface area (Å²) in [6, 6.07) is 14.7. The standard InChI is InChI=1S/C19H14N6O2S2/c20-10-13-2-4-14(5-3-13)12-28-19-24-23-18(29-19)22-17(26)16-7-6-15(27-16)11-25-9-1-8-21-25/h1-9H,11-12H2,(H,22,23,26). The molecule has 4 aromatic rings. The Morgan fingerprint density at radius 1 is 1.24 bits per heavy atom. The largest absolute Gasteiger partial charge is 0.454 e. The molecule has 0 spiro atoms. The van der Waals surface area contributed by atoms with Gasteiger partial charge in [-0.3, -0.25) is 14.8 Å². The van der Waals surface area contributed by atoms with E-state index in [0.29, 0.717) is 28.8 Å². The molecule has 144 valence electrons. The Morgan fingerprint density at radius 2 is 2.10 bits per heavy atom. The first-order valence-electron chi connectivity index (χ1n) is 8.52. The Labute approximate surface area is 174 Å². The molecule has 0 radical (unpaired) electrons. The van der Waals surface area contributed by atoms with Crippen LogP contribution in [0.4, 0.5) is 5.13 Å². The Kier molecular flexibility index (Phi) is 5.69. The number of hydrogen-bond acceptors (Lipinski definition) is 8. The molecular formula is C19H14N6O2S2. The fraction of sp³-hybridized carbons (Fsp3) is 0.105. The van der Waals surface area contributed by atoms with Gasteiger partial charge in [-0.25, -0.2) is 0 Å². The van der Waals surface area contributed by atoms with Crippen LogP contribution in [0.5, 0.6) is 0 Å². The Hall–Kier alpha value is -3.42. The maximum Gasteiger partial charge on any atom is 0.293 e. The Morgan fingerprint density at radius 3 is 2.86 bits per heavy atom. The van der Waals surface area contributed by atoms with Crippen molar-refractivity contribution in [1.29, 1.82) is 5.26 Å². The molecule has 0 aliphatic heterocycles. The number of carbonyl (C=O) groups is 1. The molecule has 10 heteroatoms. The monoisotopic (exact) mass is 422 g/mol. The summed E-state index contributed by atoms with van der Waals surface area (Å²) in [6.07, 6.45) is 3.50. The number of aromatic nitrogens is 4. The van der Waals surface area contributed by atoms with E-state index in [9.17, 15) is 4.79 Å². The summed E-state index contributed by atoms with van der Waals surface area (Å²) < 4.78 is 8.03. The van der Waals surface area contributed by atoms with Crippen molar-refractivity contribution in [2.75, 3.05) is 5.32 Å². The molecule has 0 bridgehead atoms. The second-order valence-corrected chi connectivity index (χ2v) is 8.09. The van der Waals surface area contributed by atoms with E-state index in [4.69, 9.17) is 9.68 Å². The van der Waals surface area contributed by atoms with Crippen molar-refractivity contribution in [2.45, 2.75) is 16.6 Å². The van der Waals surface area contributed by atoms with Crippen molar-refractivity contribution >= 4 is 34.1 Å². The van der Waals surface area contributed by atoms with Crippen molar-refractivity contribution in [3.05, 3.63) is 77.5 Å². The zero-order valence-electron chi connectivity index (χ0n) is 15.0. The van der Waals surface area contributed by atoms with Crippen LogP contribution in [0.3, 0.4) is 0 Å². The molecule has 1 aromatic carbocycles. The van der Waals surface area contributed by atoms with Gasteiger partial charge in [-0.05, 0) is 35.9 Å². The number of furan rings is 1. The highest BCUT2D eigenvalue weighted by Crippen LogP contribution is 2.28. The van der Waals surface area contributed by atoms with E-state index in [1.54, 1.807) is 35.1 Å². The lowest BCUT2D eigenvalue weighted by Gasteiger charge is -1.99. The van der Waals surface area contributed by atoms with Gasteiger partial charge in [-0.15, -0.1) is 10.2 Å². The molecule has 1 amide bonds. The summed E-state index contributed by atoms with van der Waals surface area (Å²) in [5.74, 6) is 1.16. The smallest absolute Gasteiger partial charge is 0.293 e. The number of rotatable bonds is 7. The molecule has 3 aromatic heterocycles. The van der Waals surface area contributed by atoms with Crippen LogP contribution in [-0.4, -0.2) is 25.9 Å². The van der Waals surface area contributed by atoms with Gasteiger partial charge in [-0.1, -0.05) is 35.2 Å². The van der Waals surface area contributed by atoms with Crippen LogP contribution in [0.15, 0.2) is 63.6 Å². The summed E-state index contributed by atoms with van der Waals surface area (Å²) >= 11 is 2.81. The minimum Gasteiger partial charge on any atom is -0.454 e. The van der Waals surface area contributed by atoms with Gasteiger partial charge in [0.05, 0.1) is 18.2 Å². The van der Waals surface area contributed by atoms with Crippen molar-refractivity contribution in [3.8, 4) is 6.07 Å². The minimum atomic E-state index is -0.378. The van der Waals surface area contributed by atoms with Gasteiger partial charge in [0.1, 0.15) is 5.76 Å². The number of anilines is 1. The number of nitrogens with one attached hydrogen (secondary N) is 1. The highest BCUT2D eigenvalue weighted by atomic mass is 32.2. The first-order chi connectivity index (χ1) is 14.2. The van der Waals surface area contributed by atoms with Gasteiger partial charge in [0.2, 0.25) is 5.13 Å². The number of carbonyl (C=O) groups excluding carboxylic acids is 1. The number of hydrogen-bond donors (Lipinski definition) is 1. The van der Waals surface area contributed by atoms with Crippen LogP contribution in [0.25, 0.3) is 0 Å². The van der Waals surface area contributed by atoms with Crippen molar-refractivity contribution < 1.29 is 9.21 Å². The van der Waals surface area contributed by atoms with Crippen LogP contribution >= 0.6 is 23.1 Å². The highest BCUT2D eigenvalue weighted by Gasteiger charge is 2.15. The predicted molar refractivity (Wildman–Crippen MR) is 109 cm³/mol. The second kappa shape index (κ2) is 8.72. The SMILES string of the molecule is N#Cc1ccc(CSc2nnc(NC(=O)c3ccc(Cn4cccn4)o3)s2)cc1. The van der Waals surface area contributed by atoms with Gasteiger partial charge < -0.3 is 4.42 Å². The molecule has 0 fully saturated rings. The zero-order chi connectivity index (χ0) is 20.1. The molecule has 0 saturated heterocycles. The van der Waals surface area contributed by atoms with Crippen LogP contribution in [0, 0.1) is 11.3 Å². The molecule has 29 heavy (non-hydrogen) atoms. The second-order valence-electron chi connectivity index (χ2n) is 5.89. The van der Waals surface area contributed by atoms with Gasteiger partial charge in [0.25, 0.3) is 5.91 Å². The molecule has 0 atom stereocenters. The fourth-order valence-electron chi connectivity index (χ4n) is 2.44. The average molecular weight is 422 g/mol. The van der Waals surface area contributed by atoms with Crippen LogP contribution in [0.2, 0.25) is 0 Å². The number of benzene rings is 1. The minimum absolute atomic E-state index is 0.203. The maximum atomic E-state index is 12.4. The third kappa shape index (κ3) is 4.90. The fourth-order valence-corrected chi connectivity index (χ4v) is 4.14. The molecule has 8 nitrogen and oxygen atoms in total. The van der Waals surface area contributed by atoms with E-state index < -0.39 is 0 Å². The molecule has 0 unspecified atom stereocenters. The summed E-state index contributed by atoms with van der Waals surface area (Å²) in [5.41, 5.74) is 1.71. The van der Waals surface area contributed by atoms with E-state index in [2.05, 4.69) is 26.7 Å². The number of amides is 1. The summed E-state index contributed by atoms with van der Waals surface area (Å²) in [7, 11) is 0. The van der Waals surface area contributed by atoms with E-state index in [1.165, 1.54) is 23.1 Å². The van der Waals surface area contributed by atoms with Gasteiger partial charge in [0, 0.05) is 18.1 Å². The molecule has 3 heterocycles. The number of nitriles is 1. The van der Waals surface area contributed by atoms with E-state index in [1.807, 2.05) is 24.4 Å². The highest BCUT2D eigenvalue weighted by molar-refractivity contribution is 8.00. The van der Waals surface area contributed by atoms with Crippen molar-refractivity contribution in [2.24, 2.45) is 0 Å². The topological polar surface area (TPSA) is 110 Å². The molecule has 0 aliphatic carbocycles. The third-order valence-corrected chi connectivity index (χ3v) is 5.88. The van der Waals surface area contributed by atoms with Crippen LogP contribution in [-0.2, 0) is 12.3 Å². The maximum absolute atomic E-state index is 12.4. The molecular weight excluding hydrogens is 408 g/mol. The average Bonchev–Trinajstić information content (AvgIpc) is 3.50. The van der Waals surface area contributed by atoms with Crippen LogP contribution < -0.4 is 5.32 Å². The predicted octanol–water partition coefficient (Wildman–Crippen LogP) is 3.79. The van der Waals surface area contributed by atoms with Gasteiger partial charge >= 0.3 is 0 Å². The number of thioether (sulfide) groups is 1. The lowest BCUT2D eigenvalue weighted by molar-refractivity contribution is 0.0994. The zero-order valence-corrected chi connectivity index (χ0v) is 16.6. The van der Waals surface area contributed by atoms with E-state index in [-0.39, 0.29) is 11.7 Å².